The third kappa shape index (κ3) is 3.69. The fraction of sp³-hybridized carbons (Fsp3) is 0.250. The minimum atomic E-state index is -4.74. The molecule has 0 radical (unpaired) electrons. The monoisotopic (exact) mass is 400 g/mol. The molecule has 3 rings (SSSR count). The first-order valence-electron chi connectivity index (χ1n) is 7.14. The van der Waals surface area contributed by atoms with Crippen LogP contribution in [0.25, 0.3) is 0 Å². The van der Waals surface area contributed by atoms with Gasteiger partial charge >= 0.3 is 6.36 Å². The number of alkyl halides is 3. The minimum absolute atomic E-state index is 0.241. The lowest BCUT2D eigenvalue weighted by molar-refractivity contribution is -0.274. The van der Waals surface area contributed by atoms with Crippen molar-refractivity contribution in [1.29, 1.82) is 0 Å². The first-order valence-corrected chi connectivity index (χ1v) is 7.94. The fourth-order valence-corrected chi connectivity index (χ4v) is 3.03. The highest BCUT2D eigenvalue weighted by Crippen LogP contribution is 2.33. The predicted octanol–water partition coefficient (Wildman–Crippen LogP) is 4.34. The van der Waals surface area contributed by atoms with Gasteiger partial charge in [-0.2, -0.15) is 0 Å². The molecule has 2 aromatic rings. The maximum atomic E-state index is 12.7. The normalized spacial score (nSPS) is 14.2. The number of amides is 1. The number of fused-ring (bicyclic) bond motifs is 1. The molecule has 0 atom stereocenters. The Hall–Kier alpha value is -2.09. The lowest BCUT2D eigenvalue weighted by Gasteiger charge is -2.30. The Balaban J connectivity index is 1.90. The van der Waals surface area contributed by atoms with E-state index in [1.165, 1.54) is 24.4 Å². The second-order valence-electron chi connectivity index (χ2n) is 5.29. The summed E-state index contributed by atoms with van der Waals surface area (Å²) in [5.74, 6) is -0.520. The Morgan fingerprint density at radius 1 is 1.25 bits per heavy atom. The number of rotatable bonds is 2. The Kier molecular flexibility index (Phi) is 4.49. The van der Waals surface area contributed by atoms with Crippen LogP contribution in [0.2, 0.25) is 0 Å². The SMILES string of the molecule is O=C(c1cncc(Br)c1)N1CCCc2cc(OC(F)(F)F)ccc21. The molecular weight excluding hydrogens is 389 g/mol. The summed E-state index contributed by atoms with van der Waals surface area (Å²) in [5, 5.41) is 0. The number of pyridine rings is 1. The van der Waals surface area contributed by atoms with E-state index in [9.17, 15) is 18.0 Å². The maximum absolute atomic E-state index is 12.7. The number of nitrogens with zero attached hydrogens (tertiary/aromatic N) is 2. The third-order valence-electron chi connectivity index (χ3n) is 3.60. The summed E-state index contributed by atoms with van der Waals surface area (Å²) in [7, 11) is 0. The van der Waals surface area contributed by atoms with Gasteiger partial charge in [0.15, 0.2) is 0 Å². The van der Waals surface area contributed by atoms with Gasteiger partial charge in [0, 0.05) is 29.1 Å². The van der Waals surface area contributed by atoms with Crippen LogP contribution in [-0.4, -0.2) is 23.8 Å². The molecule has 0 saturated carbocycles. The number of aromatic nitrogens is 1. The van der Waals surface area contributed by atoms with Crippen LogP contribution in [0.3, 0.4) is 0 Å². The molecule has 1 aromatic heterocycles. The zero-order valence-corrected chi connectivity index (χ0v) is 13.9. The second-order valence-corrected chi connectivity index (χ2v) is 6.21. The van der Waals surface area contributed by atoms with Crippen molar-refractivity contribution < 1.29 is 22.7 Å². The van der Waals surface area contributed by atoms with Crippen LogP contribution in [0, 0.1) is 0 Å². The van der Waals surface area contributed by atoms with Crippen LogP contribution in [0.15, 0.2) is 41.1 Å². The Morgan fingerprint density at radius 2 is 2.04 bits per heavy atom. The van der Waals surface area contributed by atoms with Crippen molar-refractivity contribution in [2.24, 2.45) is 0 Å². The molecule has 126 valence electrons. The van der Waals surface area contributed by atoms with Crippen LogP contribution in [0.1, 0.15) is 22.3 Å². The number of ether oxygens (including phenoxy) is 1. The lowest BCUT2D eigenvalue weighted by atomic mass is 10.0. The van der Waals surface area contributed by atoms with Crippen LogP contribution in [0.5, 0.6) is 5.75 Å². The third-order valence-corrected chi connectivity index (χ3v) is 4.03. The smallest absolute Gasteiger partial charge is 0.406 e. The average Bonchev–Trinajstić information content (AvgIpc) is 2.52. The molecule has 0 N–H and O–H groups in total. The van der Waals surface area contributed by atoms with Crippen molar-refractivity contribution in [3.63, 3.8) is 0 Å². The second kappa shape index (κ2) is 6.43. The summed E-state index contributed by atoms with van der Waals surface area (Å²) in [6.07, 6.45) is -0.453. The number of benzene rings is 1. The number of carbonyl (C=O) groups excluding carboxylic acids is 1. The number of aryl methyl sites for hydroxylation is 1. The molecule has 0 bridgehead atoms. The fourth-order valence-electron chi connectivity index (χ4n) is 2.67. The van der Waals surface area contributed by atoms with Gasteiger partial charge in [0.1, 0.15) is 5.75 Å². The minimum Gasteiger partial charge on any atom is -0.406 e. The standard InChI is InChI=1S/C16H12BrF3N2O2/c17-12-6-11(8-21-9-12)15(23)22-5-1-2-10-7-13(3-4-14(10)22)24-16(18,19)20/h3-4,6-9H,1-2,5H2. The Bertz CT molecular complexity index is 780. The number of hydrogen-bond donors (Lipinski definition) is 0. The van der Waals surface area contributed by atoms with E-state index in [0.29, 0.717) is 40.7 Å². The molecule has 8 heteroatoms. The van der Waals surface area contributed by atoms with Gasteiger partial charge in [-0.3, -0.25) is 9.78 Å². The largest absolute Gasteiger partial charge is 0.573 e. The van der Waals surface area contributed by atoms with E-state index in [0.717, 1.165) is 0 Å². The van der Waals surface area contributed by atoms with Gasteiger partial charge in [0.25, 0.3) is 5.91 Å². The predicted molar refractivity (Wildman–Crippen MR) is 85.1 cm³/mol. The topological polar surface area (TPSA) is 42.4 Å². The first-order chi connectivity index (χ1) is 11.3. The number of hydrogen-bond acceptors (Lipinski definition) is 3. The molecular formula is C16H12BrF3N2O2. The van der Waals surface area contributed by atoms with Crippen molar-refractivity contribution in [2.45, 2.75) is 19.2 Å². The molecule has 2 heterocycles. The molecule has 0 spiro atoms. The van der Waals surface area contributed by atoms with Crippen molar-refractivity contribution in [2.75, 3.05) is 11.4 Å². The number of halogens is 4. The molecule has 0 unspecified atom stereocenters. The molecule has 1 aliphatic heterocycles. The van der Waals surface area contributed by atoms with Crippen LogP contribution in [0.4, 0.5) is 18.9 Å². The molecule has 0 saturated heterocycles. The lowest BCUT2D eigenvalue weighted by Crippen LogP contribution is -2.35. The van der Waals surface area contributed by atoms with E-state index < -0.39 is 6.36 Å². The van der Waals surface area contributed by atoms with Crippen LogP contribution in [-0.2, 0) is 6.42 Å². The highest BCUT2D eigenvalue weighted by atomic mass is 79.9. The van der Waals surface area contributed by atoms with Gasteiger partial charge in [-0.15, -0.1) is 13.2 Å². The van der Waals surface area contributed by atoms with Gasteiger partial charge in [-0.25, -0.2) is 0 Å². The highest BCUT2D eigenvalue weighted by Gasteiger charge is 2.32. The summed E-state index contributed by atoms with van der Waals surface area (Å²) in [5.41, 5.74) is 1.66. The molecule has 1 amide bonds. The summed E-state index contributed by atoms with van der Waals surface area (Å²) in [6.45, 7) is 0.498. The summed E-state index contributed by atoms with van der Waals surface area (Å²) in [6, 6.07) is 5.70. The van der Waals surface area contributed by atoms with Crippen LogP contribution < -0.4 is 9.64 Å². The van der Waals surface area contributed by atoms with Gasteiger partial charge in [0.2, 0.25) is 0 Å². The summed E-state index contributed by atoms with van der Waals surface area (Å²) >= 11 is 3.27. The van der Waals surface area contributed by atoms with E-state index >= 15 is 0 Å². The Labute approximate surface area is 144 Å². The van der Waals surface area contributed by atoms with Crippen molar-refractivity contribution in [3.05, 3.63) is 52.3 Å². The van der Waals surface area contributed by atoms with E-state index in [-0.39, 0.29) is 11.7 Å². The maximum Gasteiger partial charge on any atom is 0.573 e. The molecule has 1 aromatic carbocycles. The van der Waals surface area contributed by atoms with Gasteiger partial charge in [-0.05, 0) is 58.6 Å². The zero-order chi connectivity index (χ0) is 17.3. The van der Waals surface area contributed by atoms with E-state index in [1.807, 2.05) is 0 Å². The zero-order valence-electron chi connectivity index (χ0n) is 12.3. The molecule has 0 aliphatic carbocycles. The van der Waals surface area contributed by atoms with Crippen molar-refractivity contribution >= 4 is 27.5 Å². The van der Waals surface area contributed by atoms with E-state index in [4.69, 9.17) is 0 Å². The van der Waals surface area contributed by atoms with Gasteiger partial charge in [0.05, 0.1) is 5.56 Å². The van der Waals surface area contributed by atoms with E-state index in [1.54, 1.807) is 17.2 Å². The summed E-state index contributed by atoms with van der Waals surface area (Å²) < 4.78 is 41.6. The molecule has 4 nitrogen and oxygen atoms in total. The van der Waals surface area contributed by atoms with Crippen molar-refractivity contribution in [3.8, 4) is 5.75 Å². The first kappa shape index (κ1) is 16.8. The van der Waals surface area contributed by atoms with Gasteiger partial charge in [-0.1, -0.05) is 0 Å². The van der Waals surface area contributed by atoms with Crippen LogP contribution >= 0.6 is 15.9 Å². The average molecular weight is 401 g/mol. The highest BCUT2D eigenvalue weighted by molar-refractivity contribution is 9.10. The summed E-state index contributed by atoms with van der Waals surface area (Å²) in [4.78, 5) is 18.2. The van der Waals surface area contributed by atoms with Crippen molar-refractivity contribution in [1.82, 2.24) is 4.98 Å². The number of anilines is 1. The molecule has 1 aliphatic rings. The van der Waals surface area contributed by atoms with E-state index in [2.05, 4.69) is 25.7 Å². The van der Waals surface area contributed by atoms with Gasteiger partial charge < -0.3 is 9.64 Å². The number of carbonyl (C=O) groups is 1. The Morgan fingerprint density at radius 3 is 2.75 bits per heavy atom. The molecule has 24 heavy (non-hydrogen) atoms. The molecule has 0 fully saturated rings. The quantitative estimate of drug-likeness (QED) is 0.752.